The molecule has 62 valence electrons. The van der Waals surface area contributed by atoms with E-state index in [0.29, 0.717) is 6.54 Å². The highest BCUT2D eigenvalue weighted by molar-refractivity contribution is 5.79. The van der Waals surface area contributed by atoms with Crippen LogP contribution in [0.4, 0.5) is 4.39 Å². The monoisotopic (exact) mass is 163 g/mol. The van der Waals surface area contributed by atoms with Gasteiger partial charge in [0.05, 0.1) is 6.54 Å². The van der Waals surface area contributed by atoms with Crippen LogP contribution in [-0.4, -0.2) is 11.2 Å². The minimum absolute atomic E-state index is 0.307. The van der Waals surface area contributed by atoms with E-state index in [2.05, 4.69) is 0 Å². The molecular weight excluding hydrogens is 153 g/mol. The molecule has 0 unspecified atom stereocenters. The van der Waals surface area contributed by atoms with Gasteiger partial charge in [-0.3, -0.25) is 0 Å². The fraction of sp³-hybridized carbons (Fsp3) is 0.200. The van der Waals surface area contributed by atoms with Crippen molar-refractivity contribution in [2.24, 2.45) is 0 Å². The first-order chi connectivity index (χ1) is 5.92. The summed E-state index contributed by atoms with van der Waals surface area (Å²) >= 11 is 0. The van der Waals surface area contributed by atoms with E-state index in [-0.39, 0.29) is 6.67 Å². The van der Waals surface area contributed by atoms with Gasteiger partial charge in [0.2, 0.25) is 0 Å². The van der Waals surface area contributed by atoms with Crippen molar-refractivity contribution in [2.75, 3.05) is 6.67 Å². The third-order valence-corrected chi connectivity index (χ3v) is 2.01. The van der Waals surface area contributed by atoms with E-state index >= 15 is 0 Å². The smallest absolute Gasteiger partial charge is 0.107 e. The first-order valence-electron chi connectivity index (χ1n) is 4.01. The maximum Gasteiger partial charge on any atom is 0.107 e. The largest absolute Gasteiger partial charge is 0.345 e. The molecule has 0 spiro atoms. The Kier molecular flexibility index (Phi) is 1.82. The number of hydrogen-bond donors (Lipinski definition) is 0. The molecule has 1 nitrogen and oxygen atoms in total. The molecule has 2 aromatic rings. The van der Waals surface area contributed by atoms with Gasteiger partial charge in [-0.05, 0) is 17.5 Å². The molecule has 0 saturated heterocycles. The summed E-state index contributed by atoms with van der Waals surface area (Å²) in [5.41, 5.74) is 1.11. The van der Waals surface area contributed by atoms with E-state index in [1.165, 1.54) is 5.39 Å². The number of rotatable bonds is 2. The lowest BCUT2D eigenvalue weighted by Gasteiger charge is -1.99. The Morgan fingerprint density at radius 3 is 2.83 bits per heavy atom. The highest BCUT2D eigenvalue weighted by Crippen LogP contribution is 2.14. The number of benzene rings is 1. The van der Waals surface area contributed by atoms with Crippen molar-refractivity contribution in [2.45, 2.75) is 6.54 Å². The van der Waals surface area contributed by atoms with Crippen LogP contribution in [0.25, 0.3) is 10.9 Å². The molecule has 0 atom stereocenters. The lowest BCUT2D eigenvalue weighted by Crippen LogP contribution is -1.96. The first-order valence-corrected chi connectivity index (χ1v) is 4.01. The van der Waals surface area contributed by atoms with Crippen molar-refractivity contribution < 1.29 is 4.39 Å². The van der Waals surface area contributed by atoms with Gasteiger partial charge in [-0.2, -0.15) is 0 Å². The fourth-order valence-corrected chi connectivity index (χ4v) is 1.43. The minimum Gasteiger partial charge on any atom is -0.345 e. The van der Waals surface area contributed by atoms with Gasteiger partial charge in [0.1, 0.15) is 6.67 Å². The van der Waals surface area contributed by atoms with E-state index in [1.807, 2.05) is 41.1 Å². The van der Waals surface area contributed by atoms with Crippen molar-refractivity contribution in [1.82, 2.24) is 4.57 Å². The molecule has 0 amide bonds. The average molecular weight is 163 g/mol. The second-order valence-electron chi connectivity index (χ2n) is 2.76. The first kappa shape index (κ1) is 7.35. The second kappa shape index (κ2) is 2.97. The molecule has 2 rings (SSSR count). The molecule has 0 aliphatic rings. The summed E-state index contributed by atoms with van der Waals surface area (Å²) in [6.07, 6.45) is 1.92. The van der Waals surface area contributed by atoms with E-state index in [0.717, 1.165) is 5.52 Å². The van der Waals surface area contributed by atoms with Gasteiger partial charge in [-0.25, -0.2) is 4.39 Å². The molecular formula is C10H10FN. The molecule has 1 aromatic carbocycles. The molecule has 0 radical (unpaired) electrons. The number of fused-ring (bicyclic) bond motifs is 1. The van der Waals surface area contributed by atoms with Gasteiger partial charge in [-0.15, -0.1) is 0 Å². The molecule has 0 bridgehead atoms. The number of para-hydroxylation sites is 1. The van der Waals surface area contributed by atoms with E-state index in [1.54, 1.807) is 0 Å². The van der Waals surface area contributed by atoms with Crippen LogP contribution in [-0.2, 0) is 6.54 Å². The molecule has 0 aliphatic carbocycles. The van der Waals surface area contributed by atoms with Crippen LogP contribution >= 0.6 is 0 Å². The maximum atomic E-state index is 12.1. The normalized spacial score (nSPS) is 10.8. The minimum atomic E-state index is -0.307. The number of alkyl halides is 1. The van der Waals surface area contributed by atoms with Crippen LogP contribution in [0.2, 0.25) is 0 Å². The van der Waals surface area contributed by atoms with Crippen LogP contribution in [0.15, 0.2) is 36.5 Å². The Balaban J connectivity index is 2.55. The number of halogens is 1. The molecule has 0 aliphatic heterocycles. The number of aryl methyl sites for hydroxylation is 1. The quantitative estimate of drug-likeness (QED) is 0.641. The van der Waals surface area contributed by atoms with Crippen molar-refractivity contribution in [3.8, 4) is 0 Å². The number of aromatic nitrogens is 1. The van der Waals surface area contributed by atoms with Gasteiger partial charge < -0.3 is 4.57 Å². The van der Waals surface area contributed by atoms with Gasteiger partial charge in [0.25, 0.3) is 0 Å². The topological polar surface area (TPSA) is 4.93 Å². The molecule has 2 heteroatoms. The van der Waals surface area contributed by atoms with E-state index < -0.39 is 0 Å². The van der Waals surface area contributed by atoms with Crippen molar-refractivity contribution >= 4 is 10.9 Å². The fourth-order valence-electron chi connectivity index (χ4n) is 1.43. The molecule has 0 N–H and O–H groups in total. The summed E-state index contributed by atoms with van der Waals surface area (Å²) < 4.78 is 14.0. The maximum absolute atomic E-state index is 12.1. The van der Waals surface area contributed by atoms with Gasteiger partial charge in [-0.1, -0.05) is 18.2 Å². The molecule has 0 saturated carbocycles. The predicted octanol–water partition coefficient (Wildman–Crippen LogP) is 2.61. The van der Waals surface area contributed by atoms with Crippen LogP contribution in [0.3, 0.4) is 0 Å². The van der Waals surface area contributed by atoms with Crippen molar-refractivity contribution in [3.63, 3.8) is 0 Å². The lowest BCUT2D eigenvalue weighted by molar-refractivity contribution is 0.451. The van der Waals surface area contributed by atoms with E-state index in [9.17, 15) is 4.39 Å². The highest BCUT2D eigenvalue weighted by atomic mass is 19.1. The highest BCUT2D eigenvalue weighted by Gasteiger charge is 1.97. The Morgan fingerprint density at radius 1 is 1.17 bits per heavy atom. The average Bonchev–Trinajstić information content (AvgIpc) is 2.50. The summed E-state index contributed by atoms with van der Waals surface area (Å²) in [5, 5.41) is 1.17. The van der Waals surface area contributed by atoms with Crippen LogP contribution in [0.5, 0.6) is 0 Å². The standard InChI is InChI=1S/C10H10FN/c11-6-8-12-7-5-9-3-1-2-4-10(9)12/h1-5,7H,6,8H2. The summed E-state index contributed by atoms with van der Waals surface area (Å²) in [5.74, 6) is 0. The zero-order valence-electron chi connectivity index (χ0n) is 6.70. The summed E-state index contributed by atoms with van der Waals surface area (Å²) in [7, 11) is 0. The van der Waals surface area contributed by atoms with Crippen LogP contribution in [0, 0.1) is 0 Å². The lowest BCUT2D eigenvalue weighted by atomic mass is 10.2. The van der Waals surface area contributed by atoms with Crippen LogP contribution < -0.4 is 0 Å². The van der Waals surface area contributed by atoms with Gasteiger partial charge >= 0.3 is 0 Å². The third kappa shape index (κ3) is 1.09. The van der Waals surface area contributed by atoms with E-state index in [4.69, 9.17) is 0 Å². The number of nitrogens with zero attached hydrogens (tertiary/aromatic N) is 1. The van der Waals surface area contributed by atoms with Gasteiger partial charge in [0, 0.05) is 11.7 Å². The van der Waals surface area contributed by atoms with Crippen molar-refractivity contribution in [3.05, 3.63) is 36.5 Å². The SMILES string of the molecule is FCCn1ccc2ccccc21. The van der Waals surface area contributed by atoms with Gasteiger partial charge in [0.15, 0.2) is 0 Å². The molecule has 12 heavy (non-hydrogen) atoms. The molecule has 0 fully saturated rings. The molecule has 1 heterocycles. The Bertz CT molecular complexity index is 378. The Hall–Kier alpha value is -1.31. The predicted molar refractivity (Wildman–Crippen MR) is 47.9 cm³/mol. The number of hydrogen-bond acceptors (Lipinski definition) is 0. The summed E-state index contributed by atoms with van der Waals surface area (Å²) in [6.45, 7) is 0.145. The van der Waals surface area contributed by atoms with Crippen molar-refractivity contribution in [1.29, 1.82) is 0 Å². The zero-order valence-corrected chi connectivity index (χ0v) is 6.70. The second-order valence-corrected chi connectivity index (χ2v) is 2.76. The summed E-state index contributed by atoms with van der Waals surface area (Å²) in [4.78, 5) is 0. The Morgan fingerprint density at radius 2 is 2.00 bits per heavy atom. The molecule has 1 aromatic heterocycles. The third-order valence-electron chi connectivity index (χ3n) is 2.01. The zero-order chi connectivity index (χ0) is 8.39. The Labute approximate surface area is 70.4 Å². The summed E-state index contributed by atoms with van der Waals surface area (Å²) in [6, 6.07) is 10.00. The van der Waals surface area contributed by atoms with Crippen LogP contribution in [0.1, 0.15) is 0 Å².